The third-order valence-electron chi connectivity index (χ3n) is 4.95. The van der Waals surface area contributed by atoms with Crippen LogP contribution in [0.15, 0.2) is 42.5 Å². The Bertz CT molecular complexity index is 909. The van der Waals surface area contributed by atoms with E-state index in [-0.39, 0.29) is 23.0 Å². The van der Waals surface area contributed by atoms with Gasteiger partial charge in [-0.3, -0.25) is 14.9 Å². The Balaban J connectivity index is 1.62. The van der Waals surface area contributed by atoms with Crippen molar-refractivity contribution >= 4 is 46.4 Å². The molecule has 1 saturated carbocycles. The fraction of sp³-hybridized carbons (Fsp3) is 0.318. The number of rotatable bonds is 4. The molecule has 29 heavy (non-hydrogen) atoms. The van der Waals surface area contributed by atoms with Crippen molar-refractivity contribution in [3.63, 3.8) is 0 Å². The Hall–Kier alpha value is -2.44. The minimum absolute atomic E-state index is 0.150. The molecule has 3 N–H and O–H groups in total. The van der Waals surface area contributed by atoms with E-state index in [1.54, 1.807) is 30.3 Å². The molecule has 2 amide bonds. The SMILES string of the molecule is Cc1ccc(C(=O)NC(=S)Nc2ccc(Cl)c(C(=O)NC3CCCCC3)c2)cc1. The van der Waals surface area contributed by atoms with Gasteiger partial charge in [0.1, 0.15) is 0 Å². The fourth-order valence-electron chi connectivity index (χ4n) is 3.33. The number of benzene rings is 2. The molecule has 0 atom stereocenters. The van der Waals surface area contributed by atoms with Crippen molar-refractivity contribution in [3.05, 3.63) is 64.2 Å². The third-order valence-corrected chi connectivity index (χ3v) is 5.48. The van der Waals surface area contributed by atoms with Crippen LogP contribution in [0.1, 0.15) is 58.4 Å². The highest BCUT2D eigenvalue weighted by Crippen LogP contribution is 2.23. The summed E-state index contributed by atoms with van der Waals surface area (Å²) >= 11 is 11.5. The third kappa shape index (κ3) is 6.02. The lowest BCUT2D eigenvalue weighted by atomic mass is 9.95. The lowest BCUT2D eigenvalue weighted by molar-refractivity contribution is 0.0926. The molecule has 0 aliphatic heterocycles. The van der Waals surface area contributed by atoms with Crippen LogP contribution in [0.3, 0.4) is 0 Å². The summed E-state index contributed by atoms with van der Waals surface area (Å²) in [7, 11) is 0. The maximum Gasteiger partial charge on any atom is 0.257 e. The lowest BCUT2D eigenvalue weighted by Gasteiger charge is -2.23. The number of hydrogen-bond acceptors (Lipinski definition) is 3. The lowest BCUT2D eigenvalue weighted by Crippen LogP contribution is -2.36. The van der Waals surface area contributed by atoms with Crippen molar-refractivity contribution in [1.82, 2.24) is 10.6 Å². The van der Waals surface area contributed by atoms with Gasteiger partial charge in [-0.15, -0.1) is 0 Å². The summed E-state index contributed by atoms with van der Waals surface area (Å²) < 4.78 is 0. The molecule has 1 fully saturated rings. The van der Waals surface area contributed by atoms with Crippen LogP contribution in [0.5, 0.6) is 0 Å². The number of halogens is 1. The Morgan fingerprint density at radius 1 is 1.00 bits per heavy atom. The van der Waals surface area contributed by atoms with Crippen LogP contribution >= 0.6 is 23.8 Å². The normalized spacial score (nSPS) is 14.1. The number of aryl methyl sites for hydroxylation is 1. The molecule has 0 heterocycles. The monoisotopic (exact) mass is 429 g/mol. The quantitative estimate of drug-likeness (QED) is 0.608. The zero-order valence-electron chi connectivity index (χ0n) is 16.3. The van der Waals surface area contributed by atoms with Gasteiger partial charge in [0.2, 0.25) is 0 Å². The Morgan fingerprint density at radius 3 is 2.38 bits per heavy atom. The molecule has 0 unspecified atom stereocenters. The first kappa shape index (κ1) is 21.3. The van der Waals surface area contributed by atoms with Gasteiger partial charge in [-0.2, -0.15) is 0 Å². The van der Waals surface area contributed by atoms with Gasteiger partial charge in [-0.25, -0.2) is 0 Å². The molecule has 1 aliphatic carbocycles. The van der Waals surface area contributed by atoms with Crippen molar-refractivity contribution < 1.29 is 9.59 Å². The molecule has 7 heteroatoms. The predicted octanol–water partition coefficient (Wildman–Crippen LogP) is 4.84. The molecule has 2 aromatic rings. The number of carbonyl (C=O) groups is 2. The molecule has 0 spiro atoms. The average molecular weight is 430 g/mol. The topological polar surface area (TPSA) is 70.2 Å². The van der Waals surface area contributed by atoms with E-state index in [1.165, 1.54) is 6.42 Å². The minimum atomic E-state index is -0.299. The summed E-state index contributed by atoms with van der Waals surface area (Å²) in [6.07, 6.45) is 5.48. The predicted molar refractivity (Wildman–Crippen MR) is 121 cm³/mol. The summed E-state index contributed by atoms with van der Waals surface area (Å²) in [6, 6.07) is 12.4. The van der Waals surface area contributed by atoms with Crippen molar-refractivity contribution in [3.8, 4) is 0 Å². The first-order chi connectivity index (χ1) is 13.9. The molecular formula is C22H24ClN3O2S. The first-order valence-corrected chi connectivity index (χ1v) is 10.5. The molecule has 0 saturated heterocycles. The van der Waals surface area contributed by atoms with Gasteiger partial charge in [0.25, 0.3) is 11.8 Å². The maximum absolute atomic E-state index is 12.6. The average Bonchev–Trinajstić information content (AvgIpc) is 2.70. The van der Waals surface area contributed by atoms with Crippen LogP contribution in [-0.4, -0.2) is 23.0 Å². The van der Waals surface area contributed by atoms with Crippen molar-refractivity contribution in [2.24, 2.45) is 0 Å². The van der Waals surface area contributed by atoms with E-state index in [9.17, 15) is 9.59 Å². The number of hydrogen-bond donors (Lipinski definition) is 3. The molecule has 5 nitrogen and oxygen atoms in total. The van der Waals surface area contributed by atoms with E-state index in [0.29, 0.717) is 21.8 Å². The number of thiocarbonyl (C=S) groups is 1. The van der Waals surface area contributed by atoms with Gasteiger partial charge < -0.3 is 10.6 Å². The van der Waals surface area contributed by atoms with Crippen LogP contribution in [-0.2, 0) is 0 Å². The van der Waals surface area contributed by atoms with Gasteiger partial charge in [-0.1, -0.05) is 48.6 Å². The highest BCUT2D eigenvalue weighted by Gasteiger charge is 2.19. The molecular weight excluding hydrogens is 406 g/mol. The van der Waals surface area contributed by atoms with Crippen molar-refractivity contribution in [2.45, 2.75) is 45.1 Å². The smallest absolute Gasteiger partial charge is 0.257 e. The summed E-state index contributed by atoms with van der Waals surface area (Å²) in [6.45, 7) is 1.95. The highest BCUT2D eigenvalue weighted by molar-refractivity contribution is 7.80. The Labute approximate surface area is 181 Å². The van der Waals surface area contributed by atoms with E-state index in [0.717, 1.165) is 31.2 Å². The number of amides is 2. The van der Waals surface area contributed by atoms with Crippen LogP contribution < -0.4 is 16.0 Å². The summed E-state index contributed by atoms with van der Waals surface area (Å²) in [5, 5.41) is 9.17. The molecule has 3 rings (SSSR count). The Kier molecular flexibility index (Phi) is 7.23. The second-order valence-corrected chi connectivity index (χ2v) is 8.09. The maximum atomic E-state index is 12.6. The zero-order chi connectivity index (χ0) is 20.8. The van der Waals surface area contributed by atoms with Gasteiger partial charge in [-0.05, 0) is 62.3 Å². The molecule has 2 aromatic carbocycles. The number of carbonyl (C=O) groups excluding carboxylic acids is 2. The molecule has 152 valence electrons. The summed E-state index contributed by atoms with van der Waals surface area (Å²) in [5.41, 5.74) is 2.55. The molecule has 0 aromatic heterocycles. The second-order valence-electron chi connectivity index (χ2n) is 7.28. The summed E-state index contributed by atoms with van der Waals surface area (Å²) in [5.74, 6) is -0.494. The van der Waals surface area contributed by atoms with Crippen LogP contribution in [0, 0.1) is 6.92 Å². The van der Waals surface area contributed by atoms with Crippen LogP contribution in [0.2, 0.25) is 5.02 Å². The number of anilines is 1. The molecule has 0 bridgehead atoms. The van der Waals surface area contributed by atoms with Gasteiger partial charge in [0, 0.05) is 17.3 Å². The van der Waals surface area contributed by atoms with Crippen LogP contribution in [0.4, 0.5) is 5.69 Å². The highest BCUT2D eigenvalue weighted by atomic mass is 35.5. The largest absolute Gasteiger partial charge is 0.349 e. The van der Waals surface area contributed by atoms with E-state index in [2.05, 4.69) is 16.0 Å². The van der Waals surface area contributed by atoms with E-state index in [1.807, 2.05) is 19.1 Å². The van der Waals surface area contributed by atoms with E-state index >= 15 is 0 Å². The van der Waals surface area contributed by atoms with E-state index < -0.39 is 0 Å². The van der Waals surface area contributed by atoms with Gasteiger partial charge in [0.05, 0.1) is 10.6 Å². The zero-order valence-corrected chi connectivity index (χ0v) is 17.8. The second kappa shape index (κ2) is 9.85. The Morgan fingerprint density at radius 2 is 1.69 bits per heavy atom. The fourth-order valence-corrected chi connectivity index (χ4v) is 3.74. The van der Waals surface area contributed by atoms with Gasteiger partial charge in [0.15, 0.2) is 5.11 Å². The molecule has 1 aliphatic rings. The van der Waals surface area contributed by atoms with Crippen molar-refractivity contribution in [2.75, 3.05) is 5.32 Å². The van der Waals surface area contributed by atoms with Crippen molar-refractivity contribution in [1.29, 1.82) is 0 Å². The van der Waals surface area contributed by atoms with Gasteiger partial charge >= 0.3 is 0 Å². The van der Waals surface area contributed by atoms with Crippen LogP contribution in [0.25, 0.3) is 0 Å². The summed E-state index contributed by atoms with van der Waals surface area (Å²) in [4.78, 5) is 24.9. The minimum Gasteiger partial charge on any atom is -0.349 e. The standard InChI is InChI=1S/C22H24ClN3O2S/c1-14-7-9-15(10-8-14)20(27)26-22(29)25-17-11-12-19(23)18(13-17)21(28)24-16-5-3-2-4-6-16/h7-13,16H,2-6H2,1H3,(H,24,28)(H2,25,26,27,29). The number of nitrogens with one attached hydrogen (secondary N) is 3. The molecule has 0 radical (unpaired) electrons. The first-order valence-electron chi connectivity index (χ1n) is 9.72. The van der Waals surface area contributed by atoms with E-state index in [4.69, 9.17) is 23.8 Å².